The van der Waals surface area contributed by atoms with Crippen LogP contribution in [0.1, 0.15) is 24.1 Å². The predicted octanol–water partition coefficient (Wildman–Crippen LogP) is 2.33. The molecule has 1 aliphatic heterocycles. The summed E-state index contributed by atoms with van der Waals surface area (Å²) in [4.78, 5) is 2.29. The van der Waals surface area contributed by atoms with E-state index >= 15 is 0 Å². The van der Waals surface area contributed by atoms with Crippen molar-refractivity contribution in [2.45, 2.75) is 25.6 Å². The first-order valence-corrected chi connectivity index (χ1v) is 7.04. The molecule has 0 atom stereocenters. The molecule has 1 saturated heterocycles. The molecule has 0 bridgehead atoms. The van der Waals surface area contributed by atoms with Crippen molar-refractivity contribution in [1.82, 2.24) is 9.78 Å². The quantitative estimate of drug-likeness (QED) is 0.788. The Bertz CT molecular complexity index is 399. The highest BCUT2D eigenvalue weighted by Crippen LogP contribution is 2.26. The van der Waals surface area contributed by atoms with Gasteiger partial charge in [0.05, 0.1) is 11.6 Å². The number of aryl methyl sites for hydroxylation is 2. The standard InChI is InChI=1S/C13H22ClN3O/c1-10-12(8-14)13(17(3)15-10)16(2)9-11-4-6-18-7-5-11/h11H,4-9H2,1-3H3. The van der Waals surface area contributed by atoms with Crippen molar-refractivity contribution in [3.05, 3.63) is 11.3 Å². The van der Waals surface area contributed by atoms with Crippen LogP contribution in [0, 0.1) is 12.8 Å². The maximum atomic E-state index is 6.04. The molecule has 1 aromatic rings. The van der Waals surface area contributed by atoms with E-state index in [1.807, 2.05) is 18.7 Å². The number of ether oxygens (including phenoxy) is 1. The van der Waals surface area contributed by atoms with Crippen LogP contribution in [0.2, 0.25) is 0 Å². The summed E-state index contributed by atoms with van der Waals surface area (Å²) in [5.41, 5.74) is 2.18. The van der Waals surface area contributed by atoms with Crippen molar-refractivity contribution in [2.24, 2.45) is 13.0 Å². The van der Waals surface area contributed by atoms with Crippen LogP contribution in [0.25, 0.3) is 0 Å². The van der Waals surface area contributed by atoms with E-state index in [-0.39, 0.29) is 0 Å². The minimum Gasteiger partial charge on any atom is -0.381 e. The summed E-state index contributed by atoms with van der Waals surface area (Å²) in [5, 5.41) is 4.46. The van der Waals surface area contributed by atoms with E-state index in [4.69, 9.17) is 16.3 Å². The lowest BCUT2D eigenvalue weighted by molar-refractivity contribution is 0.0684. The average molecular weight is 272 g/mol. The Balaban J connectivity index is 2.10. The first-order valence-electron chi connectivity index (χ1n) is 6.50. The highest BCUT2D eigenvalue weighted by Gasteiger charge is 2.20. The SMILES string of the molecule is Cc1nn(C)c(N(C)CC2CCOCC2)c1CCl. The summed E-state index contributed by atoms with van der Waals surface area (Å²) in [5.74, 6) is 2.38. The lowest BCUT2D eigenvalue weighted by atomic mass is 10.00. The van der Waals surface area contributed by atoms with Crippen LogP contribution in [0.15, 0.2) is 0 Å². The first-order chi connectivity index (χ1) is 8.63. The molecule has 0 spiro atoms. The summed E-state index contributed by atoms with van der Waals surface area (Å²) in [6.07, 6.45) is 2.30. The summed E-state index contributed by atoms with van der Waals surface area (Å²) in [7, 11) is 4.11. The van der Waals surface area contributed by atoms with Crippen molar-refractivity contribution in [2.75, 3.05) is 31.7 Å². The highest BCUT2D eigenvalue weighted by atomic mass is 35.5. The monoisotopic (exact) mass is 271 g/mol. The fraction of sp³-hybridized carbons (Fsp3) is 0.769. The third kappa shape index (κ3) is 2.81. The van der Waals surface area contributed by atoms with Gasteiger partial charge < -0.3 is 9.64 Å². The zero-order valence-electron chi connectivity index (χ0n) is 11.4. The maximum Gasteiger partial charge on any atom is 0.130 e. The molecular weight excluding hydrogens is 250 g/mol. The smallest absolute Gasteiger partial charge is 0.130 e. The number of halogens is 1. The molecule has 1 aromatic heterocycles. The summed E-state index contributed by atoms with van der Waals surface area (Å²) in [6, 6.07) is 0. The summed E-state index contributed by atoms with van der Waals surface area (Å²) >= 11 is 6.04. The van der Waals surface area contributed by atoms with Crippen LogP contribution in [0.3, 0.4) is 0 Å². The van der Waals surface area contributed by atoms with E-state index in [9.17, 15) is 0 Å². The second-order valence-electron chi connectivity index (χ2n) is 5.08. The Morgan fingerprint density at radius 3 is 2.72 bits per heavy atom. The van der Waals surface area contributed by atoms with Crippen LogP contribution >= 0.6 is 11.6 Å². The van der Waals surface area contributed by atoms with E-state index in [1.54, 1.807) is 0 Å². The number of alkyl halides is 1. The zero-order chi connectivity index (χ0) is 13.1. The second-order valence-corrected chi connectivity index (χ2v) is 5.35. The van der Waals surface area contributed by atoms with E-state index in [0.29, 0.717) is 11.8 Å². The van der Waals surface area contributed by atoms with Gasteiger partial charge in [0.1, 0.15) is 5.82 Å². The van der Waals surface area contributed by atoms with Crippen LogP contribution in [-0.2, 0) is 17.7 Å². The molecule has 2 heterocycles. The van der Waals surface area contributed by atoms with Gasteiger partial charge in [-0.25, -0.2) is 0 Å². The molecule has 4 nitrogen and oxygen atoms in total. The molecule has 0 unspecified atom stereocenters. The molecule has 18 heavy (non-hydrogen) atoms. The lowest BCUT2D eigenvalue weighted by Crippen LogP contribution is -2.31. The number of anilines is 1. The summed E-state index contributed by atoms with van der Waals surface area (Å²) in [6.45, 7) is 4.85. The number of hydrogen-bond acceptors (Lipinski definition) is 3. The largest absolute Gasteiger partial charge is 0.381 e. The fourth-order valence-electron chi connectivity index (χ4n) is 2.73. The van der Waals surface area contributed by atoms with Crippen LogP contribution < -0.4 is 4.90 Å². The molecule has 0 aliphatic carbocycles. The van der Waals surface area contributed by atoms with Gasteiger partial charge in [-0.05, 0) is 25.7 Å². The van der Waals surface area contributed by atoms with Gasteiger partial charge in [-0.2, -0.15) is 5.10 Å². The molecule has 5 heteroatoms. The molecule has 1 aliphatic rings. The van der Waals surface area contributed by atoms with E-state index in [0.717, 1.165) is 49.7 Å². The molecule has 0 aromatic carbocycles. The van der Waals surface area contributed by atoms with Crippen molar-refractivity contribution in [3.8, 4) is 0 Å². The average Bonchev–Trinajstić information content (AvgIpc) is 2.64. The Labute approximate surface area is 114 Å². The van der Waals surface area contributed by atoms with E-state index in [1.165, 1.54) is 0 Å². The number of aromatic nitrogens is 2. The molecule has 2 rings (SSSR count). The molecule has 0 N–H and O–H groups in total. The molecule has 0 radical (unpaired) electrons. The topological polar surface area (TPSA) is 30.3 Å². The first kappa shape index (κ1) is 13.7. The lowest BCUT2D eigenvalue weighted by Gasteiger charge is -2.28. The van der Waals surface area contributed by atoms with Gasteiger partial charge >= 0.3 is 0 Å². The third-order valence-corrected chi connectivity index (χ3v) is 3.95. The molecule has 102 valence electrons. The zero-order valence-corrected chi connectivity index (χ0v) is 12.2. The molecule has 1 fully saturated rings. The minimum absolute atomic E-state index is 0.521. The van der Waals surface area contributed by atoms with Crippen molar-refractivity contribution in [1.29, 1.82) is 0 Å². The number of rotatable bonds is 4. The Morgan fingerprint density at radius 2 is 2.11 bits per heavy atom. The third-order valence-electron chi connectivity index (χ3n) is 3.68. The van der Waals surface area contributed by atoms with Gasteiger partial charge in [0.2, 0.25) is 0 Å². The van der Waals surface area contributed by atoms with E-state index in [2.05, 4.69) is 17.0 Å². The number of nitrogens with zero attached hydrogens (tertiary/aromatic N) is 3. The minimum atomic E-state index is 0.521. The Hall–Kier alpha value is -0.740. The van der Waals surface area contributed by atoms with Crippen LogP contribution in [0.5, 0.6) is 0 Å². The summed E-state index contributed by atoms with van der Waals surface area (Å²) < 4.78 is 7.34. The highest BCUT2D eigenvalue weighted by molar-refractivity contribution is 6.17. The maximum absolute atomic E-state index is 6.04. The van der Waals surface area contributed by atoms with Gasteiger partial charge in [-0.15, -0.1) is 11.6 Å². The molecule has 0 amide bonds. The van der Waals surface area contributed by atoms with E-state index < -0.39 is 0 Å². The van der Waals surface area contributed by atoms with Gasteiger partial charge in [0.25, 0.3) is 0 Å². The van der Waals surface area contributed by atoms with Crippen molar-refractivity contribution < 1.29 is 4.74 Å². The van der Waals surface area contributed by atoms with Crippen molar-refractivity contribution >= 4 is 17.4 Å². The second kappa shape index (κ2) is 5.93. The number of hydrogen-bond donors (Lipinski definition) is 0. The van der Waals surface area contributed by atoms with Crippen molar-refractivity contribution in [3.63, 3.8) is 0 Å². The van der Waals surface area contributed by atoms with Crippen LogP contribution in [-0.4, -0.2) is 36.6 Å². The Kier molecular flexibility index (Phi) is 4.51. The fourth-order valence-corrected chi connectivity index (χ4v) is 3.04. The molecular formula is C13H22ClN3O. The van der Waals surface area contributed by atoms with Gasteiger partial charge in [-0.1, -0.05) is 0 Å². The normalized spacial score (nSPS) is 17.1. The van der Waals surface area contributed by atoms with Gasteiger partial charge in [-0.3, -0.25) is 4.68 Å². The Morgan fingerprint density at radius 1 is 1.44 bits per heavy atom. The van der Waals surface area contributed by atoms with Gasteiger partial charge in [0, 0.05) is 39.4 Å². The van der Waals surface area contributed by atoms with Crippen LogP contribution in [0.4, 0.5) is 5.82 Å². The van der Waals surface area contributed by atoms with Gasteiger partial charge in [0.15, 0.2) is 0 Å². The molecule has 0 saturated carbocycles. The predicted molar refractivity (Wildman–Crippen MR) is 74.3 cm³/mol.